The predicted octanol–water partition coefficient (Wildman–Crippen LogP) is 3.80. The number of hydrogen-bond acceptors (Lipinski definition) is 3. The van der Waals surface area contributed by atoms with Gasteiger partial charge in [-0.3, -0.25) is 4.79 Å². The molecular formula is C14H12F8O3. The Morgan fingerprint density at radius 3 is 1.76 bits per heavy atom. The molecule has 0 spiro atoms. The zero-order valence-electron chi connectivity index (χ0n) is 12.5. The fourth-order valence-corrected chi connectivity index (χ4v) is 1.61. The summed E-state index contributed by atoms with van der Waals surface area (Å²) in [5.74, 6) is -25.4. The summed E-state index contributed by atoms with van der Waals surface area (Å²) in [6, 6.07) is 4.07. The largest absolute Gasteiger partial charge is 0.487 e. The van der Waals surface area contributed by atoms with Gasteiger partial charge < -0.3 is 9.84 Å². The van der Waals surface area contributed by atoms with E-state index in [0.717, 1.165) is 24.3 Å². The van der Waals surface area contributed by atoms with Crippen LogP contribution in [0.1, 0.15) is 17.3 Å². The van der Waals surface area contributed by atoms with Crippen molar-refractivity contribution < 1.29 is 49.8 Å². The molecule has 0 aromatic heterocycles. The van der Waals surface area contributed by atoms with E-state index in [0.29, 0.717) is 0 Å². The van der Waals surface area contributed by atoms with Crippen molar-refractivity contribution in [2.75, 3.05) is 13.2 Å². The first kappa shape index (κ1) is 21.1. The van der Waals surface area contributed by atoms with Gasteiger partial charge in [0.2, 0.25) is 0 Å². The van der Waals surface area contributed by atoms with Crippen molar-refractivity contribution in [3.63, 3.8) is 0 Å². The van der Waals surface area contributed by atoms with Gasteiger partial charge in [0.15, 0.2) is 12.4 Å². The molecule has 11 heteroatoms. The van der Waals surface area contributed by atoms with Crippen LogP contribution in [0.25, 0.3) is 0 Å². The smallest absolute Gasteiger partial charge is 0.381 e. The van der Waals surface area contributed by atoms with Crippen LogP contribution < -0.4 is 4.74 Å². The van der Waals surface area contributed by atoms with Crippen LogP contribution in [0.5, 0.6) is 5.75 Å². The van der Waals surface area contributed by atoms with E-state index in [2.05, 4.69) is 4.74 Å². The number of carbonyl (C=O) groups is 1. The summed E-state index contributed by atoms with van der Waals surface area (Å²) in [5, 5.41) is 8.07. The van der Waals surface area contributed by atoms with Gasteiger partial charge in [0, 0.05) is 5.56 Å². The van der Waals surface area contributed by atoms with Gasteiger partial charge in [-0.05, 0) is 31.2 Å². The van der Waals surface area contributed by atoms with Crippen molar-refractivity contribution in [2.45, 2.75) is 30.6 Å². The number of alkyl halides is 8. The number of hydrogen-bond donors (Lipinski definition) is 1. The molecule has 0 radical (unpaired) electrons. The highest BCUT2D eigenvalue weighted by molar-refractivity contribution is 5.94. The molecular weight excluding hydrogens is 368 g/mol. The zero-order valence-corrected chi connectivity index (χ0v) is 12.5. The van der Waals surface area contributed by atoms with E-state index in [1.807, 2.05) is 0 Å². The molecule has 0 amide bonds. The van der Waals surface area contributed by atoms with E-state index >= 15 is 0 Å². The normalized spacial score (nSPS) is 13.7. The van der Waals surface area contributed by atoms with Gasteiger partial charge >= 0.3 is 23.7 Å². The fourth-order valence-electron chi connectivity index (χ4n) is 1.61. The minimum atomic E-state index is -6.53. The molecule has 0 fully saturated rings. The summed E-state index contributed by atoms with van der Waals surface area (Å²) < 4.78 is 109. The number of aliphatic hydroxyl groups excluding tert-OH is 1. The molecule has 0 saturated heterocycles. The molecule has 3 nitrogen and oxygen atoms in total. The maximum atomic E-state index is 13.4. The average Bonchev–Trinajstić information content (AvgIpc) is 2.52. The highest BCUT2D eigenvalue weighted by Gasteiger charge is 2.80. The first-order valence-electron chi connectivity index (χ1n) is 6.55. The lowest BCUT2D eigenvalue weighted by molar-refractivity contribution is -0.372. The lowest BCUT2D eigenvalue weighted by Crippen LogP contribution is -2.64. The van der Waals surface area contributed by atoms with Crippen molar-refractivity contribution in [1.82, 2.24) is 0 Å². The summed E-state index contributed by atoms with van der Waals surface area (Å²) in [7, 11) is 0. The summed E-state index contributed by atoms with van der Waals surface area (Å²) in [6.45, 7) is -3.90. The van der Waals surface area contributed by atoms with Gasteiger partial charge in [-0.2, -0.15) is 35.1 Å². The first-order valence-corrected chi connectivity index (χ1v) is 6.55. The van der Waals surface area contributed by atoms with E-state index in [4.69, 9.17) is 5.11 Å². The number of ketones is 1. The van der Waals surface area contributed by atoms with Crippen molar-refractivity contribution in [2.24, 2.45) is 0 Å². The second-order valence-corrected chi connectivity index (χ2v) is 5.09. The third-order valence-electron chi connectivity index (χ3n) is 3.19. The Labute approximate surface area is 136 Å². The van der Waals surface area contributed by atoms with Crippen molar-refractivity contribution in [1.29, 1.82) is 0 Å². The molecule has 0 heterocycles. The van der Waals surface area contributed by atoms with Gasteiger partial charge in [0.25, 0.3) is 0 Å². The zero-order chi connectivity index (χ0) is 19.7. The topological polar surface area (TPSA) is 46.5 Å². The molecule has 0 aliphatic rings. The Balaban J connectivity index is 2.97. The quantitative estimate of drug-likeness (QED) is 0.551. The molecule has 0 atom stereocenters. The van der Waals surface area contributed by atoms with Crippen molar-refractivity contribution >= 4 is 5.78 Å². The molecule has 1 N–H and O–H groups in total. The van der Waals surface area contributed by atoms with E-state index in [1.165, 1.54) is 6.92 Å². The molecule has 0 saturated carbocycles. The number of Topliss-reactive ketones (excluding diaryl/α,β-unsaturated/α-hetero) is 1. The van der Waals surface area contributed by atoms with E-state index < -0.39 is 48.4 Å². The monoisotopic (exact) mass is 380 g/mol. The van der Waals surface area contributed by atoms with Gasteiger partial charge in [0.1, 0.15) is 12.4 Å². The summed E-state index contributed by atoms with van der Waals surface area (Å²) in [6.07, 6.45) is 0. The van der Waals surface area contributed by atoms with Gasteiger partial charge in [-0.15, -0.1) is 0 Å². The van der Waals surface area contributed by atoms with E-state index in [1.54, 1.807) is 0 Å². The Bertz CT molecular complexity index is 613. The highest BCUT2D eigenvalue weighted by atomic mass is 19.4. The molecule has 1 aromatic carbocycles. The predicted molar refractivity (Wildman–Crippen MR) is 68.8 cm³/mol. The summed E-state index contributed by atoms with van der Waals surface area (Å²) in [5.41, 5.74) is 0.138. The lowest BCUT2D eigenvalue weighted by atomic mass is 9.99. The minimum Gasteiger partial charge on any atom is -0.487 e. The standard InChI is InChI=1S/C14H12F8O3/c1-8(24)9-2-4-10(5-3-9)25-7-12(17,18)14(21,22)13(19,20)11(15,16)6-23/h2-5,23H,6-7H2,1H3. The third-order valence-corrected chi connectivity index (χ3v) is 3.19. The fraction of sp³-hybridized carbons (Fsp3) is 0.500. The Morgan fingerprint density at radius 1 is 0.920 bits per heavy atom. The Hall–Kier alpha value is -1.91. The van der Waals surface area contributed by atoms with E-state index in [9.17, 15) is 39.9 Å². The van der Waals surface area contributed by atoms with Crippen LogP contribution in [0.4, 0.5) is 35.1 Å². The van der Waals surface area contributed by atoms with Crippen LogP contribution in [-0.2, 0) is 0 Å². The lowest BCUT2D eigenvalue weighted by Gasteiger charge is -2.35. The summed E-state index contributed by atoms with van der Waals surface area (Å²) in [4.78, 5) is 11.0. The second-order valence-electron chi connectivity index (χ2n) is 5.09. The van der Waals surface area contributed by atoms with Gasteiger partial charge in [0.05, 0.1) is 0 Å². The highest BCUT2D eigenvalue weighted by Crippen LogP contribution is 2.52. The molecule has 0 aliphatic heterocycles. The van der Waals surface area contributed by atoms with Crippen LogP contribution in [0.3, 0.4) is 0 Å². The number of aliphatic hydroxyl groups is 1. The Kier molecular flexibility index (Phi) is 5.72. The number of benzene rings is 1. The molecule has 142 valence electrons. The van der Waals surface area contributed by atoms with Crippen LogP contribution in [0, 0.1) is 0 Å². The number of carbonyl (C=O) groups excluding carboxylic acids is 1. The molecule has 0 bridgehead atoms. The maximum Gasteiger partial charge on any atom is 0.381 e. The van der Waals surface area contributed by atoms with Gasteiger partial charge in [-0.25, -0.2) is 0 Å². The first-order chi connectivity index (χ1) is 11.2. The van der Waals surface area contributed by atoms with Crippen LogP contribution in [0.2, 0.25) is 0 Å². The second kappa shape index (κ2) is 6.77. The molecule has 25 heavy (non-hydrogen) atoms. The van der Waals surface area contributed by atoms with Gasteiger partial charge in [-0.1, -0.05) is 0 Å². The molecule has 0 aliphatic carbocycles. The summed E-state index contributed by atoms with van der Waals surface area (Å²) >= 11 is 0. The maximum absolute atomic E-state index is 13.4. The van der Waals surface area contributed by atoms with Crippen LogP contribution >= 0.6 is 0 Å². The van der Waals surface area contributed by atoms with Crippen molar-refractivity contribution in [3.8, 4) is 5.75 Å². The van der Waals surface area contributed by atoms with Crippen LogP contribution in [-0.4, -0.2) is 47.8 Å². The van der Waals surface area contributed by atoms with Crippen molar-refractivity contribution in [3.05, 3.63) is 29.8 Å². The number of ether oxygens (including phenoxy) is 1. The van der Waals surface area contributed by atoms with Crippen LogP contribution in [0.15, 0.2) is 24.3 Å². The van der Waals surface area contributed by atoms with E-state index in [-0.39, 0.29) is 5.56 Å². The molecule has 0 unspecified atom stereocenters. The minimum absolute atomic E-state index is 0.138. The average molecular weight is 380 g/mol. The number of halogens is 8. The SMILES string of the molecule is CC(=O)c1ccc(OCC(F)(F)C(F)(F)C(F)(F)C(F)(F)CO)cc1. The molecule has 1 rings (SSSR count). The Morgan fingerprint density at radius 2 is 1.36 bits per heavy atom. The number of rotatable bonds is 8. The molecule has 1 aromatic rings. The third kappa shape index (κ3) is 3.86.